The van der Waals surface area contributed by atoms with Gasteiger partial charge in [0.05, 0.1) is 12.2 Å². The number of anilines is 2. The van der Waals surface area contributed by atoms with Crippen LogP contribution in [0.1, 0.15) is 34.6 Å². The molecule has 3 heterocycles. The number of aryl methyl sites for hydroxylation is 1. The minimum atomic E-state index is -0.0979. The predicted octanol–water partition coefficient (Wildman–Crippen LogP) is 4.15. The molecule has 1 aliphatic heterocycles. The van der Waals surface area contributed by atoms with E-state index in [1.165, 1.54) is 12.8 Å². The maximum Gasteiger partial charge on any atom is 0.272 e. The van der Waals surface area contributed by atoms with Gasteiger partial charge in [-0.15, -0.1) is 11.3 Å². The number of nitrogens with zero attached hydrogens (tertiary/aromatic N) is 3. The lowest BCUT2D eigenvalue weighted by Gasteiger charge is -2.12. The first-order chi connectivity index (χ1) is 12.7. The second kappa shape index (κ2) is 7.33. The number of para-hydroxylation sites is 1. The minimum Gasteiger partial charge on any atom is -0.348 e. The number of carbonyl (C=O) groups excluding carboxylic acids is 1. The van der Waals surface area contributed by atoms with Gasteiger partial charge in [-0.05, 0) is 43.5 Å². The number of aromatic nitrogens is 2. The largest absolute Gasteiger partial charge is 0.348 e. The Kier molecular flexibility index (Phi) is 4.75. The smallest absolute Gasteiger partial charge is 0.272 e. The van der Waals surface area contributed by atoms with Crippen LogP contribution in [0, 0.1) is 6.92 Å². The molecule has 1 saturated heterocycles. The fraction of sp³-hybridized carbons (Fsp3) is 0.300. The lowest BCUT2D eigenvalue weighted by Crippen LogP contribution is -2.18. The molecule has 1 fully saturated rings. The van der Waals surface area contributed by atoms with Gasteiger partial charge >= 0.3 is 0 Å². The van der Waals surface area contributed by atoms with E-state index in [-0.39, 0.29) is 5.91 Å². The van der Waals surface area contributed by atoms with Crippen LogP contribution in [0.15, 0.2) is 48.0 Å². The third-order valence-electron chi connectivity index (χ3n) is 4.55. The van der Waals surface area contributed by atoms with E-state index in [1.807, 2.05) is 54.1 Å². The molecule has 0 bridgehead atoms. The van der Waals surface area contributed by atoms with Gasteiger partial charge in [0.2, 0.25) is 0 Å². The van der Waals surface area contributed by atoms with Crippen LogP contribution in [0.4, 0.5) is 10.8 Å². The molecule has 6 heteroatoms. The molecule has 1 aromatic carbocycles. The highest BCUT2D eigenvalue weighted by molar-refractivity contribution is 7.13. The molecular weight excluding hydrogens is 344 g/mol. The van der Waals surface area contributed by atoms with Crippen molar-refractivity contribution in [2.24, 2.45) is 0 Å². The van der Waals surface area contributed by atoms with E-state index in [2.05, 4.69) is 15.6 Å². The van der Waals surface area contributed by atoms with Crippen molar-refractivity contribution in [2.45, 2.75) is 26.3 Å². The predicted molar refractivity (Wildman–Crippen MR) is 106 cm³/mol. The average Bonchev–Trinajstić information content (AvgIpc) is 3.37. The molecule has 3 aromatic rings. The normalized spacial score (nSPS) is 14.0. The first kappa shape index (κ1) is 16.8. The lowest BCUT2D eigenvalue weighted by atomic mass is 10.3. The van der Waals surface area contributed by atoms with Crippen molar-refractivity contribution in [3.8, 4) is 0 Å². The number of hydrogen-bond acceptors (Lipinski definition) is 4. The Balaban J connectivity index is 1.51. The summed E-state index contributed by atoms with van der Waals surface area (Å²) in [6.45, 7) is 4.81. The standard InChI is InChI=1S/C20H22N4OS/c1-15-11-18(19(25)21-16-7-3-2-4-8-16)24(12-15)13-17-14-26-20(22-17)23-9-5-6-10-23/h2-4,7-8,11-12,14H,5-6,9-10,13H2,1H3,(H,21,25). The topological polar surface area (TPSA) is 50.2 Å². The minimum absolute atomic E-state index is 0.0979. The second-order valence-corrected chi connectivity index (χ2v) is 7.50. The third-order valence-corrected chi connectivity index (χ3v) is 5.50. The molecule has 0 aliphatic carbocycles. The number of amides is 1. The van der Waals surface area contributed by atoms with Crippen molar-refractivity contribution in [3.63, 3.8) is 0 Å². The monoisotopic (exact) mass is 366 g/mol. The molecule has 134 valence electrons. The summed E-state index contributed by atoms with van der Waals surface area (Å²) >= 11 is 1.69. The van der Waals surface area contributed by atoms with Gasteiger partial charge in [0.1, 0.15) is 5.69 Å². The summed E-state index contributed by atoms with van der Waals surface area (Å²) in [5.41, 5.74) is 3.52. The van der Waals surface area contributed by atoms with E-state index in [0.717, 1.165) is 35.2 Å². The van der Waals surface area contributed by atoms with Crippen LogP contribution in [0.25, 0.3) is 0 Å². The highest BCUT2D eigenvalue weighted by Gasteiger charge is 2.17. The van der Waals surface area contributed by atoms with E-state index >= 15 is 0 Å². The molecule has 1 amide bonds. The van der Waals surface area contributed by atoms with E-state index in [1.54, 1.807) is 11.3 Å². The fourth-order valence-electron chi connectivity index (χ4n) is 3.29. The van der Waals surface area contributed by atoms with Gasteiger partial charge < -0.3 is 14.8 Å². The molecular formula is C20H22N4OS. The summed E-state index contributed by atoms with van der Waals surface area (Å²) in [5, 5.41) is 6.16. The fourth-order valence-corrected chi connectivity index (χ4v) is 4.16. The van der Waals surface area contributed by atoms with Gasteiger partial charge in [-0.25, -0.2) is 4.98 Å². The Morgan fingerprint density at radius 3 is 2.77 bits per heavy atom. The van der Waals surface area contributed by atoms with E-state index < -0.39 is 0 Å². The number of rotatable bonds is 5. The van der Waals surface area contributed by atoms with Crippen molar-refractivity contribution in [1.82, 2.24) is 9.55 Å². The molecule has 0 unspecified atom stereocenters. The van der Waals surface area contributed by atoms with E-state index in [9.17, 15) is 4.79 Å². The zero-order valence-electron chi connectivity index (χ0n) is 14.8. The lowest BCUT2D eigenvalue weighted by molar-refractivity contribution is 0.101. The summed E-state index contributed by atoms with van der Waals surface area (Å²) < 4.78 is 1.98. The Hall–Kier alpha value is -2.60. The van der Waals surface area contributed by atoms with Crippen LogP contribution in [-0.4, -0.2) is 28.5 Å². The van der Waals surface area contributed by atoms with Crippen LogP contribution < -0.4 is 10.2 Å². The molecule has 1 aliphatic rings. The summed E-state index contributed by atoms with van der Waals surface area (Å²) in [4.78, 5) is 19.8. The zero-order chi connectivity index (χ0) is 17.9. The Morgan fingerprint density at radius 1 is 1.23 bits per heavy atom. The summed E-state index contributed by atoms with van der Waals surface area (Å²) in [6.07, 6.45) is 4.50. The maximum absolute atomic E-state index is 12.7. The van der Waals surface area contributed by atoms with Crippen LogP contribution in [0.2, 0.25) is 0 Å². The first-order valence-electron chi connectivity index (χ1n) is 8.91. The number of hydrogen-bond donors (Lipinski definition) is 1. The van der Waals surface area contributed by atoms with Gasteiger partial charge in [0, 0.05) is 30.4 Å². The highest BCUT2D eigenvalue weighted by Crippen LogP contribution is 2.25. The summed E-state index contributed by atoms with van der Waals surface area (Å²) in [7, 11) is 0. The maximum atomic E-state index is 12.7. The Morgan fingerprint density at radius 2 is 2.00 bits per heavy atom. The molecule has 0 radical (unpaired) electrons. The molecule has 0 atom stereocenters. The Bertz CT molecular complexity index is 894. The number of benzene rings is 1. The van der Waals surface area contributed by atoms with Crippen LogP contribution in [0.3, 0.4) is 0 Å². The molecule has 4 rings (SSSR count). The van der Waals surface area contributed by atoms with Crippen LogP contribution in [-0.2, 0) is 6.54 Å². The van der Waals surface area contributed by atoms with Gasteiger partial charge in [-0.3, -0.25) is 4.79 Å². The first-order valence-corrected chi connectivity index (χ1v) is 9.79. The van der Waals surface area contributed by atoms with Crippen molar-refractivity contribution in [1.29, 1.82) is 0 Å². The summed E-state index contributed by atoms with van der Waals surface area (Å²) in [5.74, 6) is -0.0979. The Labute approximate surface area is 157 Å². The van der Waals surface area contributed by atoms with E-state index in [0.29, 0.717) is 12.2 Å². The second-order valence-electron chi connectivity index (χ2n) is 6.67. The molecule has 1 N–H and O–H groups in total. The van der Waals surface area contributed by atoms with Gasteiger partial charge in [0.15, 0.2) is 5.13 Å². The van der Waals surface area contributed by atoms with Gasteiger partial charge in [-0.2, -0.15) is 0 Å². The molecule has 2 aromatic heterocycles. The van der Waals surface area contributed by atoms with Crippen LogP contribution in [0.5, 0.6) is 0 Å². The molecule has 0 spiro atoms. The highest BCUT2D eigenvalue weighted by atomic mass is 32.1. The van der Waals surface area contributed by atoms with Gasteiger partial charge in [0.25, 0.3) is 5.91 Å². The third kappa shape index (κ3) is 3.65. The summed E-state index contributed by atoms with van der Waals surface area (Å²) in [6, 6.07) is 11.5. The van der Waals surface area contributed by atoms with E-state index in [4.69, 9.17) is 4.98 Å². The molecule has 0 saturated carbocycles. The molecule has 26 heavy (non-hydrogen) atoms. The SMILES string of the molecule is Cc1cc(C(=O)Nc2ccccc2)n(Cc2csc(N3CCCC3)n2)c1. The number of carbonyl (C=O) groups is 1. The average molecular weight is 366 g/mol. The van der Waals surface area contributed by atoms with Gasteiger partial charge in [-0.1, -0.05) is 18.2 Å². The quantitative estimate of drug-likeness (QED) is 0.738. The van der Waals surface area contributed by atoms with Crippen molar-refractivity contribution in [3.05, 3.63) is 64.9 Å². The zero-order valence-corrected chi connectivity index (χ0v) is 15.6. The van der Waals surface area contributed by atoms with Crippen LogP contribution >= 0.6 is 11.3 Å². The van der Waals surface area contributed by atoms with Crippen molar-refractivity contribution < 1.29 is 4.79 Å². The van der Waals surface area contributed by atoms with Crippen molar-refractivity contribution >= 4 is 28.1 Å². The molecule has 5 nitrogen and oxygen atoms in total. The number of thiazole rings is 1. The number of nitrogens with one attached hydrogen (secondary N) is 1. The van der Waals surface area contributed by atoms with Crippen molar-refractivity contribution in [2.75, 3.05) is 23.3 Å².